The van der Waals surface area contributed by atoms with Crippen molar-refractivity contribution in [2.75, 3.05) is 45.3 Å². The Morgan fingerprint density at radius 1 is 1.19 bits per heavy atom. The SMILES string of the molecule is COc1cc(N2CCN(C(C)c3nccs3)CC2)c([N+](=O)[O-])cc1OC. The third-order valence-electron chi connectivity index (χ3n) is 4.69. The molecule has 1 saturated heterocycles. The van der Waals surface area contributed by atoms with Gasteiger partial charge < -0.3 is 14.4 Å². The van der Waals surface area contributed by atoms with Gasteiger partial charge in [0.15, 0.2) is 11.5 Å². The average Bonchev–Trinajstić information content (AvgIpc) is 3.21. The second kappa shape index (κ2) is 7.88. The minimum absolute atomic E-state index is 0.0315. The van der Waals surface area contributed by atoms with Gasteiger partial charge in [0, 0.05) is 43.8 Å². The highest BCUT2D eigenvalue weighted by Crippen LogP contribution is 2.40. The van der Waals surface area contributed by atoms with Crippen LogP contribution in [0.2, 0.25) is 0 Å². The maximum atomic E-state index is 11.5. The summed E-state index contributed by atoms with van der Waals surface area (Å²) in [6.07, 6.45) is 1.82. The molecule has 1 aliphatic heterocycles. The van der Waals surface area contributed by atoms with Gasteiger partial charge in [-0.2, -0.15) is 0 Å². The number of rotatable bonds is 6. The number of hydrogen-bond acceptors (Lipinski definition) is 8. The molecule has 26 heavy (non-hydrogen) atoms. The van der Waals surface area contributed by atoms with E-state index in [0.29, 0.717) is 30.3 Å². The summed E-state index contributed by atoms with van der Waals surface area (Å²) in [5, 5.41) is 14.6. The maximum absolute atomic E-state index is 11.5. The second-order valence-corrected chi connectivity index (χ2v) is 6.95. The Balaban J connectivity index is 1.79. The topological polar surface area (TPSA) is 81.0 Å². The molecule has 0 bridgehead atoms. The van der Waals surface area contributed by atoms with E-state index in [-0.39, 0.29) is 16.7 Å². The van der Waals surface area contributed by atoms with Crippen LogP contribution in [0.4, 0.5) is 11.4 Å². The smallest absolute Gasteiger partial charge is 0.296 e. The van der Waals surface area contributed by atoms with Gasteiger partial charge in [-0.25, -0.2) is 4.98 Å². The van der Waals surface area contributed by atoms with E-state index in [9.17, 15) is 10.1 Å². The first-order valence-corrected chi connectivity index (χ1v) is 9.22. The Hall–Kier alpha value is -2.39. The predicted octanol–water partition coefficient (Wildman–Crippen LogP) is 2.95. The van der Waals surface area contributed by atoms with Crippen LogP contribution in [0.25, 0.3) is 0 Å². The molecule has 1 fully saturated rings. The normalized spacial score (nSPS) is 16.3. The minimum Gasteiger partial charge on any atom is -0.493 e. The summed E-state index contributed by atoms with van der Waals surface area (Å²) in [4.78, 5) is 19.9. The number of nitro benzene ring substituents is 1. The molecule has 3 rings (SSSR count). The summed E-state index contributed by atoms with van der Waals surface area (Å²) in [6, 6.07) is 3.37. The number of ether oxygens (including phenoxy) is 2. The number of thiazole rings is 1. The average molecular weight is 378 g/mol. The summed E-state index contributed by atoms with van der Waals surface area (Å²) >= 11 is 1.65. The summed E-state index contributed by atoms with van der Waals surface area (Å²) < 4.78 is 10.5. The van der Waals surface area contributed by atoms with Gasteiger partial charge in [-0.3, -0.25) is 15.0 Å². The second-order valence-electron chi connectivity index (χ2n) is 6.02. The highest BCUT2D eigenvalue weighted by atomic mass is 32.1. The molecule has 1 unspecified atom stereocenters. The molecule has 9 heteroatoms. The van der Waals surface area contributed by atoms with Crippen LogP contribution in [0.3, 0.4) is 0 Å². The Kier molecular flexibility index (Phi) is 5.58. The number of hydrogen-bond donors (Lipinski definition) is 0. The Bertz CT molecular complexity index is 760. The van der Waals surface area contributed by atoms with Crippen LogP contribution in [0.1, 0.15) is 18.0 Å². The van der Waals surface area contributed by atoms with E-state index in [4.69, 9.17) is 9.47 Å². The number of anilines is 1. The Morgan fingerprint density at radius 2 is 1.85 bits per heavy atom. The first-order valence-electron chi connectivity index (χ1n) is 8.34. The third-order valence-corrected chi connectivity index (χ3v) is 5.63. The third kappa shape index (κ3) is 3.58. The van der Waals surface area contributed by atoms with Crippen molar-refractivity contribution in [3.63, 3.8) is 0 Å². The number of piperazine rings is 1. The molecule has 0 amide bonds. The van der Waals surface area contributed by atoms with Crippen molar-refractivity contribution in [2.45, 2.75) is 13.0 Å². The lowest BCUT2D eigenvalue weighted by Crippen LogP contribution is -2.47. The fourth-order valence-corrected chi connectivity index (χ4v) is 3.93. The molecule has 140 valence electrons. The molecule has 8 nitrogen and oxygen atoms in total. The molecule has 0 spiro atoms. The molecule has 1 aromatic carbocycles. The van der Waals surface area contributed by atoms with E-state index in [2.05, 4.69) is 16.8 Å². The maximum Gasteiger partial charge on any atom is 0.296 e. The molecular weight excluding hydrogens is 356 g/mol. The molecule has 2 aromatic rings. The van der Waals surface area contributed by atoms with E-state index in [1.165, 1.54) is 20.3 Å². The van der Waals surface area contributed by atoms with Crippen molar-refractivity contribution in [3.05, 3.63) is 38.8 Å². The Labute approximate surface area is 156 Å². The van der Waals surface area contributed by atoms with Crippen molar-refractivity contribution in [2.24, 2.45) is 0 Å². The van der Waals surface area contributed by atoms with E-state index in [1.807, 2.05) is 16.5 Å². The lowest BCUT2D eigenvalue weighted by Gasteiger charge is -2.38. The zero-order valence-corrected chi connectivity index (χ0v) is 15.9. The van der Waals surface area contributed by atoms with Gasteiger partial charge in [0.1, 0.15) is 10.7 Å². The summed E-state index contributed by atoms with van der Waals surface area (Å²) in [5.74, 6) is 0.852. The summed E-state index contributed by atoms with van der Waals surface area (Å²) in [6.45, 7) is 5.17. The van der Waals surface area contributed by atoms with Crippen molar-refractivity contribution >= 4 is 22.7 Å². The van der Waals surface area contributed by atoms with Crippen LogP contribution >= 0.6 is 11.3 Å². The lowest BCUT2D eigenvalue weighted by atomic mass is 10.1. The van der Waals surface area contributed by atoms with E-state index in [1.54, 1.807) is 17.4 Å². The first kappa shape index (κ1) is 18.4. The van der Waals surface area contributed by atoms with Crippen molar-refractivity contribution < 1.29 is 14.4 Å². The van der Waals surface area contributed by atoms with Gasteiger partial charge >= 0.3 is 0 Å². The molecule has 0 saturated carbocycles. The lowest BCUT2D eigenvalue weighted by molar-refractivity contribution is -0.384. The van der Waals surface area contributed by atoms with E-state index < -0.39 is 0 Å². The number of nitrogens with zero attached hydrogens (tertiary/aromatic N) is 4. The van der Waals surface area contributed by atoms with Gasteiger partial charge in [-0.15, -0.1) is 11.3 Å². The first-order chi connectivity index (χ1) is 12.5. The molecule has 0 N–H and O–H groups in total. The standard InChI is InChI=1S/C17H22N4O4S/c1-12(17-18-4-9-26-17)19-5-7-20(8-6-19)13-10-15(24-2)16(25-3)11-14(13)21(22)23/h4,9-12H,5-8H2,1-3H3. The molecule has 1 aliphatic rings. The van der Waals surface area contributed by atoms with Crippen LogP contribution in [0.15, 0.2) is 23.7 Å². The quantitative estimate of drug-likeness (QED) is 0.565. The number of aromatic nitrogens is 1. The van der Waals surface area contributed by atoms with E-state index >= 15 is 0 Å². The molecule has 2 heterocycles. The summed E-state index contributed by atoms with van der Waals surface area (Å²) in [5.41, 5.74) is 0.596. The van der Waals surface area contributed by atoms with Crippen molar-refractivity contribution in [1.29, 1.82) is 0 Å². The van der Waals surface area contributed by atoms with Crippen LogP contribution < -0.4 is 14.4 Å². The van der Waals surface area contributed by atoms with Gasteiger partial charge in [-0.1, -0.05) is 0 Å². The van der Waals surface area contributed by atoms with Gasteiger partial charge in [-0.05, 0) is 6.92 Å². The zero-order chi connectivity index (χ0) is 18.7. The Morgan fingerprint density at radius 3 is 2.38 bits per heavy atom. The molecule has 1 aromatic heterocycles. The minimum atomic E-state index is -0.373. The van der Waals surface area contributed by atoms with Gasteiger partial charge in [0.05, 0.1) is 31.3 Å². The number of nitro groups is 1. The van der Waals surface area contributed by atoms with Crippen LogP contribution in [-0.4, -0.2) is 55.2 Å². The van der Waals surface area contributed by atoms with Crippen LogP contribution in [-0.2, 0) is 0 Å². The van der Waals surface area contributed by atoms with Crippen molar-refractivity contribution in [3.8, 4) is 11.5 Å². The van der Waals surface area contributed by atoms with Crippen LogP contribution in [0.5, 0.6) is 11.5 Å². The molecule has 0 radical (unpaired) electrons. The fraction of sp³-hybridized carbons (Fsp3) is 0.471. The number of benzene rings is 1. The monoisotopic (exact) mass is 378 g/mol. The zero-order valence-electron chi connectivity index (χ0n) is 15.0. The molecule has 0 aliphatic carbocycles. The largest absolute Gasteiger partial charge is 0.493 e. The summed E-state index contributed by atoms with van der Waals surface area (Å²) in [7, 11) is 3.00. The van der Waals surface area contributed by atoms with E-state index in [0.717, 1.165) is 18.1 Å². The predicted molar refractivity (Wildman–Crippen MR) is 101 cm³/mol. The number of methoxy groups -OCH3 is 2. The highest BCUT2D eigenvalue weighted by molar-refractivity contribution is 7.09. The highest BCUT2D eigenvalue weighted by Gasteiger charge is 2.28. The van der Waals surface area contributed by atoms with Gasteiger partial charge in [0.25, 0.3) is 5.69 Å². The van der Waals surface area contributed by atoms with Crippen LogP contribution in [0, 0.1) is 10.1 Å². The van der Waals surface area contributed by atoms with Crippen molar-refractivity contribution in [1.82, 2.24) is 9.88 Å². The molecule has 1 atom stereocenters. The van der Waals surface area contributed by atoms with Gasteiger partial charge in [0.2, 0.25) is 0 Å². The molecular formula is C17H22N4O4S. The fourth-order valence-electron chi connectivity index (χ4n) is 3.20.